The van der Waals surface area contributed by atoms with Crippen LogP contribution in [0, 0.1) is 6.92 Å². The summed E-state index contributed by atoms with van der Waals surface area (Å²) >= 11 is 0. The summed E-state index contributed by atoms with van der Waals surface area (Å²) in [5, 5.41) is 2.87. The maximum Gasteiger partial charge on any atom is 0.260 e. The van der Waals surface area contributed by atoms with Gasteiger partial charge in [0.05, 0.1) is 6.04 Å². The second-order valence-electron chi connectivity index (χ2n) is 7.92. The Morgan fingerprint density at radius 3 is 2.70 bits per heavy atom. The van der Waals surface area contributed by atoms with Crippen LogP contribution in [-0.4, -0.2) is 35.9 Å². The van der Waals surface area contributed by atoms with Gasteiger partial charge in [-0.25, -0.2) is 0 Å². The molecule has 5 nitrogen and oxygen atoms in total. The quantitative estimate of drug-likeness (QED) is 0.748. The average Bonchev–Trinajstić information content (AvgIpc) is 2.75. The van der Waals surface area contributed by atoms with Crippen LogP contribution in [-0.2, 0) is 16.0 Å². The molecule has 2 aromatic rings. The van der Waals surface area contributed by atoms with Crippen LogP contribution in [0.3, 0.4) is 0 Å². The number of ether oxygens (including phenoxy) is 1. The van der Waals surface area contributed by atoms with E-state index in [1.54, 1.807) is 6.92 Å². The minimum Gasteiger partial charge on any atom is -0.481 e. The molecule has 1 heterocycles. The van der Waals surface area contributed by atoms with Gasteiger partial charge in [0.2, 0.25) is 5.91 Å². The van der Waals surface area contributed by atoms with Gasteiger partial charge in [-0.15, -0.1) is 0 Å². The van der Waals surface area contributed by atoms with Gasteiger partial charge in [0.1, 0.15) is 5.75 Å². The predicted octanol–water partition coefficient (Wildman–Crippen LogP) is 4.17. The second-order valence-corrected chi connectivity index (χ2v) is 7.92. The van der Waals surface area contributed by atoms with Crippen molar-refractivity contribution in [3.63, 3.8) is 0 Å². The first-order valence-corrected chi connectivity index (χ1v) is 10.9. The standard InChI is InChI=1S/C25H32N2O3/c1-5-13-26-25(29)18(4)30-21-11-10-19-12-14-27(23(28)6-2)24(22(19)16-21)20-9-7-8-17(3)15-20/h7-11,15-16,18,24H,5-6,12-14H2,1-4H3,(H,26,29). The molecule has 0 radical (unpaired) electrons. The van der Waals surface area contributed by atoms with Crippen LogP contribution in [0.5, 0.6) is 5.75 Å². The van der Waals surface area contributed by atoms with E-state index in [2.05, 4.69) is 36.5 Å². The molecule has 30 heavy (non-hydrogen) atoms. The average molecular weight is 409 g/mol. The highest BCUT2D eigenvalue weighted by molar-refractivity contribution is 5.80. The Hall–Kier alpha value is -2.82. The first-order chi connectivity index (χ1) is 14.4. The van der Waals surface area contributed by atoms with Crippen LogP contribution in [0.15, 0.2) is 42.5 Å². The number of amides is 2. The van der Waals surface area contributed by atoms with Gasteiger partial charge in [0.15, 0.2) is 6.10 Å². The summed E-state index contributed by atoms with van der Waals surface area (Å²) in [5.74, 6) is 0.676. The van der Waals surface area contributed by atoms with Gasteiger partial charge in [-0.1, -0.05) is 49.7 Å². The van der Waals surface area contributed by atoms with E-state index >= 15 is 0 Å². The van der Waals surface area contributed by atoms with E-state index in [0.29, 0.717) is 25.3 Å². The minimum atomic E-state index is -0.580. The summed E-state index contributed by atoms with van der Waals surface area (Å²) in [6, 6.07) is 14.2. The fourth-order valence-corrected chi connectivity index (χ4v) is 3.99. The largest absolute Gasteiger partial charge is 0.481 e. The molecule has 0 aliphatic carbocycles. The molecule has 3 rings (SSSR count). The fourth-order valence-electron chi connectivity index (χ4n) is 3.99. The van der Waals surface area contributed by atoms with Crippen molar-refractivity contribution in [2.24, 2.45) is 0 Å². The Balaban J connectivity index is 1.95. The van der Waals surface area contributed by atoms with E-state index in [-0.39, 0.29) is 17.9 Å². The lowest BCUT2D eigenvalue weighted by molar-refractivity contribution is -0.133. The summed E-state index contributed by atoms with van der Waals surface area (Å²) in [7, 11) is 0. The van der Waals surface area contributed by atoms with Crippen molar-refractivity contribution in [2.75, 3.05) is 13.1 Å². The molecule has 2 aromatic carbocycles. The topological polar surface area (TPSA) is 58.6 Å². The monoisotopic (exact) mass is 408 g/mol. The van der Waals surface area contributed by atoms with Crippen LogP contribution >= 0.6 is 0 Å². The molecule has 1 N–H and O–H groups in total. The Morgan fingerprint density at radius 2 is 2.00 bits per heavy atom. The normalized spacial score (nSPS) is 16.5. The molecule has 0 saturated heterocycles. The number of aryl methyl sites for hydroxylation is 1. The number of hydrogen-bond donors (Lipinski definition) is 1. The van der Waals surface area contributed by atoms with Gasteiger partial charge in [0, 0.05) is 19.5 Å². The molecule has 0 saturated carbocycles. The number of carbonyl (C=O) groups is 2. The molecular formula is C25H32N2O3. The van der Waals surface area contributed by atoms with Crippen molar-refractivity contribution >= 4 is 11.8 Å². The maximum absolute atomic E-state index is 12.7. The zero-order chi connectivity index (χ0) is 21.7. The zero-order valence-corrected chi connectivity index (χ0v) is 18.4. The first kappa shape index (κ1) is 21.9. The van der Waals surface area contributed by atoms with Crippen molar-refractivity contribution in [3.05, 3.63) is 64.7 Å². The molecule has 0 aromatic heterocycles. The summed E-state index contributed by atoms with van der Waals surface area (Å²) in [5.41, 5.74) is 4.56. The number of rotatable bonds is 7. The third kappa shape index (κ3) is 4.84. The molecule has 1 aliphatic heterocycles. The highest BCUT2D eigenvalue weighted by Gasteiger charge is 2.32. The molecule has 2 amide bonds. The number of nitrogens with zero attached hydrogens (tertiary/aromatic N) is 1. The van der Waals surface area contributed by atoms with Crippen LogP contribution in [0.25, 0.3) is 0 Å². The lowest BCUT2D eigenvalue weighted by Crippen LogP contribution is -2.40. The van der Waals surface area contributed by atoms with Crippen molar-refractivity contribution in [2.45, 2.75) is 59.1 Å². The van der Waals surface area contributed by atoms with Crippen molar-refractivity contribution < 1.29 is 14.3 Å². The molecule has 0 fully saturated rings. The third-order valence-corrected chi connectivity index (χ3v) is 5.56. The van der Waals surface area contributed by atoms with E-state index in [0.717, 1.165) is 29.5 Å². The van der Waals surface area contributed by atoms with Crippen LogP contribution < -0.4 is 10.1 Å². The molecule has 2 unspecified atom stereocenters. The van der Waals surface area contributed by atoms with Gasteiger partial charge in [0.25, 0.3) is 5.91 Å². The Labute approximate surface area is 179 Å². The van der Waals surface area contributed by atoms with Crippen molar-refractivity contribution in [1.82, 2.24) is 10.2 Å². The van der Waals surface area contributed by atoms with Crippen molar-refractivity contribution in [3.8, 4) is 5.75 Å². The van der Waals surface area contributed by atoms with Gasteiger partial charge in [-0.2, -0.15) is 0 Å². The summed E-state index contributed by atoms with van der Waals surface area (Å²) < 4.78 is 5.95. The first-order valence-electron chi connectivity index (χ1n) is 10.9. The number of hydrogen-bond acceptors (Lipinski definition) is 3. The van der Waals surface area contributed by atoms with E-state index in [9.17, 15) is 9.59 Å². The highest BCUT2D eigenvalue weighted by atomic mass is 16.5. The van der Waals surface area contributed by atoms with Crippen LogP contribution in [0.2, 0.25) is 0 Å². The number of benzene rings is 2. The Kier molecular flexibility index (Phi) is 7.14. The second kappa shape index (κ2) is 9.79. The molecule has 160 valence electrons. The molecular weight excluding hydrogens is 376 g/mol. The fraction of sp³-hybridized carbons (Fsp3) is 0.440. The molecule has 0 bridgehead atoms. The van der Waals surface area contributed by atoms with Gasteiger partial charge < -0.3 is 15.0 Å². The van der Waals surface area contributed by atoms with Gasteiger partial charge in [-0.3, -0.25) is 9.59 Å². The maximum atomic E-state index is 12.7. The summed E-state index contributed by atoms with van der Waals surface area (Å²) in [6.45, 7) is 9.09. The number of fused-ring (bicyclic) bond motifs is 1. The van der Waals surface area contributed by atoms with E-state index < -0.39 is 6.10 Å². The number of nitrogens with one attached hydrogen (secondary N) is 1. The van der Waals surface area contributed by atoms with Crippen LogP contribution in [0.1, 0.15) is 61.9 Å². The summed E-state index contributed by atoms with van der Waals surface area (Å²) in [4.78, 5) is 26.9. The predicted molar refractivity (Wildman–Crippen MR) is 119 cm³/mol. The van der Waals surface area contributed by atoms with E-state index in [1.807, 2.05) is 36.9 Å². The smallest absolute Gasteiger partial charge is 0.260 e. The highest BCUT2D eigenvalue weighted by Crippen LogP contribution is 2.37. The Morgan fingerprint density at radius 1 is 1.20 bits per heavy atom. The van der Waals surface area contributed by atoms with E-state index in [1.165, 1.54) is 5.56 Å². The number of carbonyl (C=O) groups excluding carboxylic acids is 2. The minimum absolute atomic E-state index is 0.118. The molecule has 2 atom stereocenters. The van der Waals surface area contributed by atoms with Gasteiger partial charge in [-0.05, 0) is 55.5 Å². The molecule has 1 aliphatic rings. The molecule has 5 heteroatoms. The third-order valence-electron chi connectivity index (χ3n) is 5.56. The zero-order valence-electron chi connectivity index (χ0n) is 18.4. The summed E-state index contributed by atoms with van der Waals surface area (Å²) in [6.07, 6.45) is 1.60. The lowest BCUT2D eigenvalue weighted by atomic mass is 9.87. The Bertz CT molecular complexity index is 909. The molecule has 0 spiro atoms. The van der Waals surface area contributed by atoms with E-state index in [4.69, 9.17) is 4.74 Å². The van der Waals surface area contributed by atoms with Gasteiger partial charge >= 0.3 is 0 Å². The van der Waals surface area contributed by atoms with Crippen molar-refractivity contribution in [1.29, 1.82) is 0 Å². The SMILES string of the molecule is CCCNC(=O)C(C)Oc1ccc2c(c1)C(c1cccc(C)c1)N(C(=O)CC)CC2. The van der Waals surface area contributed by atoms with Crippen LogP contribution in [0.4, 0.5) is 0 Å². The lowest BCUT2D eigenvalue weighted by Gasteiger charge is -2.38.